The van der Waals surface area contributed by atoms with Crippen LogP contribution in [0.3, 0.4) is 0 Å². The van der Waals surface area contributed by atoms with Gasteiger partial charge in [-0.25, -0.2) is 4.98 Å². The molecule has 0 aliphatic rings. The molecule has 0 radical (unpaired) electrons. The number of aromatic amines is 1. The van der Waals surface area contributed by atoms with Gasteiger partial charge < -0.3 is 9.30 Å². The van der Waals surface area contributed by atoms with Gasteiger partial charge in [-0.2, -0.15) is 13.2 Å². The Kier molecular flexibility index (Phi) is 5.81. The van der Waals surface area contributed by atoms with Crippen LogP contribution >= 0.6 is 35.4 Å². The largest absolute Gasteiger partial charge is 0.417 e. The van der Waals surface area contributed by atoms with Crippen molar-refractivity contribution in [3.63, 3.8) is 0 Å². The molecular formula is C17H12Cl2F3N3O2S. The second kappa shape index (κ2) is 7.82. The topological polar surface area (TPSA) is 59.9 Å². The molecular weight excluding hydrogens is 438 g/mol. The molecule has 0 aliphatic carbocycles. The van der Waals surface area contributed by atoms with Crippen molar-refractivity contribution in [3.05, 3.63) is 55.0 Å². The van der Waals surface area contributed by atoms with E-state index in [-0.39, 0.29) is 39.3 Å². The lowest BCUT2D eigenvalue weighted by atomic mass is 10.1. The van der Waals surface area contributed by atoms with E-state index in [0.717, 1.165) is 6.07 Å². The van der Waals surface area contributed by atoms with Crippen LogP contribution in [0.5, 0.6) is 0 Å². The SMILES string of the molecule is COCCn1c(=S)[nH]c(=O)c2c(C(F)(F)F)cc(-c3ccc(Cl)c(Cl)c3)nc21. The Hall–Kier alpha value is -1.94. The van der Waals surface area contributed by atoms with Crippen molar-refractivity contribution in [1.82, 2.24) is 14.5 Å². The lowest BCUT2D eigenvalue weighted by molar-refractivity contribution is -0.136. The quantitative estimate of drug-likeness (QED) is 0.563. The highest BCUT2D eigenvalue weighted by Gasteiger charge is 2.35. The fraction of sp³-hybridized carbons (Fsp3) is 0.235. The van der Waals surface area contributed by atoms with E-state index in [1.807, 2.05) is 0 Å². The molecule has 3 rings (SSSR count). The van der Waals surface area contributed by atoms with Gasteiger partial charge in [0.2, 0.25) is 0 Å². The molecule has 28 heavy (non-hydrogen) atoms. The summed E-state index contributed by atoms with van der Waals surface area (Å²) >= 11 is 17.0. The maximum absolute atomic E-state index is 13.7. The number of methoxy groups -OCH3 is 1. The predicted molar refractivity (Wildman–Crippen MR) is 104 cm³/mol. The van der Waals surface area contributed by atoms with Gasteiger partial charge in [0.15, 0.2) is 4.77 Å². The fourth-order valence-electron chi connectivity index (χ4n) is 2.69. The number of nitrogens with one attached hydrogen (secondary N) is 1. The van der Waals surface area contributed by atoms with Gasteiger partial charge in [-0.05, 0) is 30.4 Å². The third-order valence-electron chi connectivity index (χ3n) is 3.99. The summed E-state index contributed by atoms with van der Waals surface area (Å²) in [5.74, 6) is 0. The second-order valence-electron chi connectivity index (χ2n) is 5.78. The van der Waals surface area contributed by atoms with Crippen molar-refractivity contribution in [2.24, 2.45) is 0 Å². The van der Waals surface area contributed by atoms with Crippen molar-refractivity contribution in [3.8, 4) is 11.3 Å². The Balaban J connectivity index is 2.43. The van der Waals surface area contributed by atoms with Crippen LogP contribution in [0.15, 0.2) is 29.1 Å². The molecule has 0 spiro atoms. The first kappa shape index (κ1) is 20.8. The number of pyridine rings is 1. The van der Waals surface area contributed by atoms with Crippen molar-refractivity contribution >= 4 is 46.5 Å². The smallest absolute Gasteiger partial charge is 0.383 e. The zero-order chi connectivity index (χ0) is 20.6. The third kappa shape index (κ3) is 3.93. The molecule has 2 aromatic heterocycles. The Labute approximate surface area is 171 Å². The molecule has 148 valence electrons. The Morgan fingerprint density at radius 1 is 1.25 bits per heavy atom. The minimum Gasteiger partial charge on any atom is -0.383 e. The van der Waals surface area contributed by atoms with Gasteiger partial charge in [0.05, 0.1) is 39.8 Å². The number of nitrogens with zero attached hydrogens (tertiary/aromatic N) is 2. The van der Waals surface area contributed by atoms with Gasteiger partial charge >= 0.3 is 6.18 Å². The molecule has 0 unspecified atom stereocenters. The highest BCUT2D eigenvalue weighted by Crippen LogP contribution is 2.36. The van der Waals surface area contributed by atoms with Gasteiger partial charge in [-0.3, -0.25) is 9.78 Å². The van der Waals surface area contributed by atoms with Crippen LogP contribution in [-0.2, 0) is 17.5 Å². The van der Waals surface area contributed by atoms with Crippen LogP contribution in [-0.4, -0.2) is 28.3 Å². The van der Waals surface area contributed by atoms with E-state index in [0.29, 0.717) is 5.56 Å². The molecule has 3 aromatic rings. The maximum Gasteiger partial charge on any atom is 0.417 e. The molecule has 0 fully saturated rings. The number of hydrogen-bond acceptors (Lipinski definition) is 4. The van der Waals surface area contributed by atoms with E-state index in [9.17, 15) is 18.0 Å². The highest BCUT2D eigenvalue weighted by atomic mass is 35.5. The average molecular weight is 450 g/mol. The monoisotopic (exact) mass is 449 g/mol. The zero-order valence-corrected chi connectivity index (χ0v) is 16.6. The second-order valence-corrected chi connectivity index (χ2v) is 6.99. The van der Waals surface area contributed by atoms with Gasteiger partial charge in [0.25, 0.3) is 5.56 Å². The Morgan fingerprint density at radius 2 is 1.96 bits per heavy atom. The molecule has 0 amide bonds. The summed E-state index contributed by atoms with van der Waals surface area (Å²) in [5.41, 5.74) is -1.99. The summed E-state index contributed by atoms with van der Waals surface area (Å²) in [6.45, 7) is 0.271. The average Bonchev–Trinajstić information content (AvgIpc) is 2.62. The molecule has 0 saturated heterocycles. The third-order valence-corrected chi connectivity index (χ3v) is 5.05. The van der Waals surface area contributed by atoms with Crippen LogP contribution in [0, 0.1) is 4.77 Å². The summed E-state index contributed by atoms with van der Waals surface area (Å²) < 4.78 is 47.4. The first-order valence-corrected chi connectivity index (χ1v) is 8.99. The predicted octanol–water partition coefficient (Wildman–Crippen LogP) is 5.09. The van der Waals surface area contributed by atoms with E-state index in [1.165, 1.54) is 29.9 Å². The number of alkyl halides is 3. The lowest BCUT2D eigenvalue weighted by Crippen LogP contribution is -2.21. The highest BCUT2D eigenvalue weighted by molar-refractivity contribution is 7.71. The van der Waals surface area contributed by atoms with Crippen LogP contribution in [0.2, 0.25) is 10.0 Å². The summed E-state index contributed by atoms with van der Waals surface area (Å²) in [7, 11) is 1.44. The van der Waals surface area contributed by atoms with Crippen LogP contribution in [0.25, 0.3) is 22.3 Å². The molecule has 0 bridgehead atoms. The van der Waals surface area contributed by atoms with Crippen molar-refractivity contribution < 1.29 is 17.9 Å². The Morgan fingerprint density at radius 3 is 2.57 bits per heavy atom. The Bertz CT molecular complexity index is 1180. The summed E-state index contributed by atoms with van der Waals surface area (Å²) in [4.78, 5) is 18.8. The summed E-state index contributed by atoms with van der Waals surface area (Å²) in [6, 6.07) is 5.15. The first-order chi connectivity index (χ1) is 13.1. The standard InChI is InChI=1S/C17H12Cl2F3N3O2S/c1-27-5-4-25-14-13(15(26)24-16(25)28)9(17(20,21)22)7-12(23-14)8-2-3-10(18)11(19)6-8/h2-3,6-7H,4-5H2,1H3,(H,24,26,28). The zero-order valence-electron chi connectivity index (χ0n) is 14.2. The fourth-order valence-corrected chi connectivity index (χ4v) is 3.26. The number of hydrogen-bond donors (Lipinski definition) is 1. The van der Waals surface area contributed by atoms with E-state index < -0.39 is 22.7 Å². The number of halogens is 5. The van der Waals surface area contributed by atoms with Crippen molar-refractivity contribution in [1.29, 1.82) is 0 Å². The lowest BCUT2D eigenvalue weighted by Gasteiger charge is -2.16. The van der Waals surface area contributed by atoms with Crippen LogP contribution in [0.1, 0.15) is 5.56 Å². The van der Waals surface area contributed by atoms with E-state index >= 15 is 0 Å². The van der Waals surface area contributed by atoms with Gasteiger partial charge in [-0.1, -0.05) is 29.3 Å². The number of ether oxygens (including phenoxy) is 1. The van der Waals surface area contributed by atoms with Crippen LogP contribution < -0.4 is 5.56 Å². The normalized spacial score (nSPS) is 11.9. The molecule has 0 aliphatic heterocycles. The van der Waals surface area contributed by atoms with Crippen molar-refractivity contribution in [2.45, 2.75) is 12.7 Å². The van der Waals surface area contributed by atoms with E-state index in [4.69, 9.17) is 40.2 Å². The van der Waals surface area contributed by atoms with Gasteiger partial charge in [0.1, 0.15) is 5.65 Å². The van der Waals surface area contributed by atoms with Gasteiger partial charge in [0, 0.05) is 12.7 Å². The molecule has 2 heterocycles. The summed E-state index contributed by atoms with van der Waals surface area (Å²) in [5, 5.41) is -0.181. The first-order valence-electron chi connectivity index (χ1n) is 7.83. The summed E-state index contributed by atoms with van der Waals surface area (Å²) in [6.07, 6.45) is -4.79. The van der Waals surface area contributed by atoms with E-state index in [1.54, 1.807) is 0 Å². The molecule has 1 aromatic carbocycles. The van der Waals surface area contributed by atoms with E-state index in [2.05, 4.69) is 9.97 Å². The van der Waals surface area contributed by atoms with Gasteiger partial charge in [-0.15, -0.1) is 0 Å². The number of fused-ring (bicyclic) bond motifs is 1. The number of aromatic nitrogens is 3. The molecule has 11 heteroatoms. The molecule has 0 saturated carbocycles. The molecule has 5 nitrogen and oxygen atoms in total. The molecule has 1 N–H and O–H groups in total. The number of H-pyrrole nitrogens is 1. The number of rotatable bonds is 4. The van der Waals surface area contributed by atoms with Crippen molar-refractivity contribution in [2.75, 3.05) is 13.7 Å². The van der Waals surface area contributed by atoms with Crippen LogP contribution in [0.4, 0.5) is 13.2 Å². The minimum absolute atomic E-state index is 0.0236. The number of benzene rings is 1. The minimum atomic E-state index is -4.79. The maximum atomic E-state index is 13.7. The molecule has 0 atom stereocenters.